The zero-order chi connectivity index (χ0) is 15.0. The highest BCUT2D eigenvalue weighted by atomic mass is 32.2. The average Bonchev–Trinajstić information content (AvgIpc) is 2.41. The van der Waals surface area contributed by atoms with Gasteiger partial charge in [-0.25, -0.2) is 13.1 Å². The van der Waals surface area contributed by atoms with Crippen LogP contribution in [0.1, 0.15) is 37.3 Å². The van der Waals surface area contributed by atoms with Gasteiger partial charge in [0.25, 0.3) is 0 Å². The van der Waals surface area contributed by atoms with Crippen molar-refractivity contribution in [2.24, 2.45) is 0 Å². The molecular formula is C15H21NO3S. The monoisotopic (exact) mass is 295 g/mol. The lowest BCUT2D eigenvalue weighted by Crippen LogP contribution is -2.25. The second-order valence-corrected chi connectivity index (χ2v) is 6.24. The van der Waals surface area contributed by atoms with Crippen LogP contribution < -0.4 is 4.72 Å². The summed E-state index contributed by atoms with van der Waals surface area (Å²) in [5, 5.41) is 8.68. The first-order valence-electron chi connectivity index (χ1n) is 6.71. The van der Waals surface area contributed by atoms with Crippen LogP contribution in [-0.2, 0) is 10.0 Å². The summed E-state index contributed by atoms with van der Waals surface area (Å²) in [6.07, 6.45) is 2.13. The van der Waals surface area contributed by atoms with Crippen LogP contribution in [-0.4, -0.2) is 26.7 Å². The predicted octanol–water partition coefficient (Wildman–Crippen LogP) is 1.81. The van der Waals surface area contributed by atoms with Gasteiger partial charge in [0.2, 0.25) is 10.0 Å². The van der Waals surface area contributed by atoms with E-state index in [-0.39, 0.29) is 11.5 Å². The fourth-order valence-corrected chi connectivity index (χ4v) is 2.99. The summed E-state index contributed by atoms with van der Waals surface area (Å²) in [5.41, 5.74) is 1.33. The van der Waals surface area contributed by atoms with E-state index in [1.54, 1.807) is 25.1 Å². The minimum Gasteiger partial charge on any atom is -0.395 e. The zero-order valence-electron chi connectivity index (χ0n) is 11.9. The Morgan fingerprint density at radius 2 is 2.10 bits per heavy atom. The minimum absolute atomic E-state index is 0.00257. The van der Waals surface area contributed by atoms with Gasteiger partial charge in [0.15, 0.2) is 0 Å². The van der Waals surface area contributed by atoms with Gasteiger partial charge in [-0.15, -0.1) is 0 Å². The molecule has 0 spiro atoms. The van der Waals surface area contributed by atoms with E-state index in [0.717, 1.165) is 12.8 Å². The Balaban J connectivity index is 2.99. The molecule has 0 saturated heterocycles. The van der Waals surface area contributed by atoms with Crippen molar-refractivity contribution in [3.8, 4) is 11.8 Å². The van der Waals surface area contributed by atoms with Crippen LogP contribution in [0, 0.1) is 18.8 Å². The Morgan fingerprint density at radius 3 is 2.75 bits per heavy atom. The van der Waals surface area contributed by atoms with Crippen LogP contribution in [0.2, 0.25) is 0 Å². The molecular weight excluding hydrogens is 274 g/mol. The number of benzene rings is 1. The van der Waals surface area contributed by atoms with Crippen molar-refractivity contribution in [3.63, 3.8) is 0 Å². The van der Waals surface area contributed by atoms with Crippen molar-refractivity contribution >= 4 is 10.0 Å². The summed E-state index contributed by atoms with van der Waals surface area (Å²) in [7, 11) is -3.48. The number of unbranched alkanes of at least 4 members (excludes halogenated alkanes) is 1. The molecule has 0 amide bonds. The molecule has 0 unspecified atom stereocenters. The number of aliphatic hydroxyl groups excluding tert-OH is 1. The third-order valence-electron chi connectivity index (χ3n) is 2.77. The van der Waals surface area contributed by atoms with Crippen LogP contribution in [0.5, 0.6) is 0 Å². The molecule has 0 atom stereocenters. The first-order valence-corrected chi connectivity index (χ1v) is 8.19. The SMILES string of the molecule is CCCCNS(=O)(=O)c1cc(C#CCCO)ccc1C. The smallest absolute Gasteiger partial charge is 0.240 e. The fourth-order valence-electron chi connectivity index (χ4n) is 1.65. The van der Waals surface area contributed by atoms with Gasteiger partial charge < -0.3 is 5.11 Å². The van der Waals surface area contributed by atoms with Crippen molar-refractivity contribution in [3.05, 3.63) is 29.3 Å². The molecule has 0 saturated carbocycles. The number of aryl methyl sites for hydroxylation is 1. The van der Waals surface area contributed by atoms with Gasteiger partial charge in [0.05, 0.1) is 11.5 Å². The maximum absolute atomic E-state index is 12.2. The Morgan fingerprint density at radius 1 is 1.35 bits per heavy atom. The lowest BCUT2D eigenvalue weighted by atomic mass is 10.1. The zero-order valence-corrected chi connectivity index (χ0v) is 12.8. The summed E-state index contributed by atoms with van der Waals surface area (Å²) < 4.78 is 27.0. The molecule has 20 heavy (non-hydrogen) atoms. The van der Waals surface area contributed by atoms with Crippen LogP contribution in [0.25, 0.3) is 0 Å². The molecule has 110 valence electrons. The second-order valence-electron chi connectivity index (χ2n) is 4.51. The molecule has 0 radical (unpaired) electrons. The van der Waals surface area contributed by atoms with Gasteiger partial charge in [0.1, 0.15) is 0 Å². The minimum atomic E-state index is -3.48. The Kier molecular flexibility index (Phi) is 6.73. The largest absolute Gasteiger partial charge is 0.395 e. The van der Waals surface area contributed by atoms with E-state index in [4.69, 9.17) is 5.11 Å². The molecule has 0 bridgehead atoms. The fraction of sp³-hybridized carbons (Fsp3) is 0.467. The van der Waals surface area contributed by atoms with E-state index >= 15 is 0 Å². The van der Waals surface area contributed by atoms with E-state index in [9.17, 15) is 8.42 Å². The molecule has 0 aromatic heterocycles. The first-order chi connectivity index (χ1) is 9.51. The van der Waals surface area contributed by atoms with Crippen LogP contribution in [0.3, 0.4) is 0 Å². The third-order valence-corrected chi connectivity index (χ3v) is 4.37. The Bertz CT molecular complexity index is 597. The average molecular weight is 295 g/mol. The van der Waals surface area contributed by atoms with Gasteiger partial charge in [-0.2, -0.15) is 0 Å². The molecule has 1 aromatic carbocycles. The normalized spacial score (nSPS) is 10.9. The molecule has 0 fully saturated rings. The molecule has 0 heterocycles. The van der Waals surface area contributed by atoms with Gasteiger partial charge >= 0.3 is 0 Å². The van der Waals surface area contributed by atoms with Crippen LogP contribution >= 0.6 is 0 Å². The molecule has 2 N–H and O–H groups in total. The van der Waals surface area contributed by atoms with Crippen LogP contribution in [0.15, 0.2) is 23.1 Å². The topological polar surface area (TPSA) is 66.4 Å². The lowest BCUT2D eigenvalue weighted by Gasteiger charge is -2.09. The number of hydrogen-bond donors (Lipinski definition) is 2. The number of sulfonamides is 1. The van der Waals surface area contributed by atoms with Crippen molar-refractivity contribution < 1.29 is 13.5 Å². The predicted molar refractivity (Wildman–Crippen MR) is 79.9 cm³/mol. The highest BCUT2D eigenvalue weighted by Gasteiger charge is 2.16. The second kappa shape index (κ2) is 8.05. The Hall–Kier alpha value is -1.35. The van der Waals surface area contributed by atoms with E-state index in [1.165, 1.54) is 0 Å². The van der Waals surface area contributed by atoms with Gasteiger partial charge in [0, 0.05) is 18.5 Å². The lowest BCUT2D eigenvalue weighted by molar-refractivity contribution is 0.305. The van der Waals surface area contributed by atoms with Crippen molar-refractivity contribution in [1.82, 2.24) is 4.72 Å². The maximum atomic E-state index is 12.2. The van der Waals surface area contributed by atoms with E-state index in [0.29, 0.717) is 24.1 Å². The summed E-state index contributed by atoms with van der Waals surface area (Å²) >= 11 is 0. The van der Waals surface area contributed by atoms with E-state index in [2.05, 4.69) is 16.6 Å². The van der Waals surface area contributed by atoms with E-state index in [1.807, 2.05) is 6.92 Å². The van der Waals surface area contributed by atoms with Gasteiger partial charge in [-0.1, -0.05) is 31.3 Å². The summed E-state index contributed by atoms with van der Waals surface area (Å²) in [6, 6.07) is 5.11. The van der Waals surface area contributed by atoms with Gasteiger partial charge in [-0.3, -0.25) is 0 Å². The van der Waals surface area contributed by atoms with Crippen molar-refractivity contribution in [2.75, 3.05) is 13.2 Å². The third kappa shape index (κ3) is 4.97. The molecule has 0 aliphatic carbocycles. The molecule has 5 heteroatoms. The maximum Gasteiger partial charge on any atom is 0.240 e. The molecule has 4 nitrogen and oxygen atoms in total. The number of rotatable bonds is 6. The van der Waals surface area contributed by atoms with Crippen molar-refractivity contribution in [2.45, 2.75) is 38.0 Å². The van der Waals surface area contributed by atoms with Crippen molar-refractivity contribution in [1.29, 1.82) is 0 Å². The van der Waals surface area contributed by atoms with Crippen LogP contribution in [0.4, 0.5) is 0 Å². The molecule has 0 aliphatic rings. The Labute approximate surface area is 121 Å². The quantitative estimate of drug-likeness (QED) is 0.621. The summed E-state index contributed by atoms with van der Waals surface area (Å²) in [6.45, 7) is 4.22. The molecule has 0 aliphatic heterocycles. The summed E-state index contributed by atoms with van der Waals surface area (Å²) in [4.78, 5) is 0.268. The molecule has 1 rings (SSSR count). The van der Waals surface area contributed by atoms with E-state index < -0.39 is 10.0 Å². The highest BCUT2D eigenvalue weighted by Crippen LogP contribution is 2.16. The molecule has 1 aromatic rings. The first kappa shape index (κ1) is 16.7. The number of aliphatic hydroxyl groups is 1. The summed E-state index contributed by atoms with van der Waals surface area (Å²) in [5.74, 6) is 5.64. The number of nitrogens with one attached hydrogen (secondary N) is 1. The standard InChI is InChI=1S/C15H21NO3S/c1-3-4-10-16-20(18,19)15-12-14(7-5-6-11-17)9-8-13(15)2/h8-9,12,16-17H,3-4,6,10-11H2,1-2H3. The number of hydrogen-bond acceptors (Lipinski definition) is 3. The highest BCUT2D eigenvalue weighted by molar-refractivity contribution is 7.89. The van der Waals surface area contributed by atoms with Gasteiger partial charge in [-0.05, 0) is 31.0 Å².